The summed E-state index contributed by atoms with van der Waals surface area (Å²) in [5.41, 5.74) is 1.29. The number of benzene rings is 1. The molecule has 1 aromatic carbocycles. The van der Waals surface area contributed by atoms with Gasteiger partial charge in [0.2, 0.25) is 11.8 Å². The van der Waals surface area contributed by atoms with Crippen molar-refractivity contribution in [2.45, 2.75) is 26.4 Å². The van der Waals surface area contributed by atoms with Crippen molar-refractivity contribution in [3.05, 3.63) is 29.8 Å². The van der Waals surface area contributed by atoms with Gasteiger partial charge in [0.25, 0.3) is 0 Å². The van der Waals surface area contributed by atoms with Gasteiger partial charge in [0.15, 0.2) is 0 Å². The van der Waals surface area contributed by atoms with E-state index in [-0.39, 0.29) is 0 Å². The highest BCUT2D eigenvalue weighted by Gasteiger charge is 2.40. The van der Waals surface area contributed by atoms with Crippen LogP contribution < -0.4 is 10.2 Å². The maximum atomic E-state index is 12.4. The van der Waals surface area contributed by atoms with Crippen molar-refractivity contribution in [2.24, 2.45) is 5.92 Å². The molecule has 0 aliphatic carbocycles. The summed E-state index contributed by atoms with van der Waals surface area (Å²) in [5.74, 6) is -1.80. The number of rotatable bonds is 5. The fourth-order valence-corrected chi connectivity index (χ4v) is 2.36. The number of methoxy groups -OCH3 is 1. The van der Waals surface area contributed by atoms with Crippen LogP contribution in [0.1, 0.15) is 25.3 Å². The molecule has 2 rings (SSSR count). The number of ether oxygens (including phenoxy) is 1. The molecule has 1 unspecified atom stereocenters. The summed E-state index contributed by atoms with van der Waals surface area (Å²) < 4.78 is 5.04. The molecular weight excluding hydrogens is 272 g/mol. The van der Waals surface area contributed by atoms with Gasteiger partial charge >= 0.3 is 6.03 Å². The number of nitrogens with one attached hydrogen (secondary N) is 1. The minimum Gasteiger partial charge on any atom is -0.380 e. The Morgan fingerprint density at radius 3 is 2.71 bits per heavy atom. The summed E-state index contributed by atoms with van der Waals surface area (Å²) in [5, 5.41) is 2.24. The molecule has 1 aliphatic rings. The molecule has 0 radical (unpaired) electrons. The summed E-state index contributed by atoms with van der Waals surface area (Å²) in [6, 6.07) is 6.26. The van der Waals surface area contributed by atoms with E-state index in [9.17, 15) is 14.4 Å². The second-order valence-electron chi connectivity index (χ2n) is 4.91. The number of carbonyl (C=O) groups is 3. The lowest BCUT2D eigenvalue weighted by atomic mass is 9.98. The second-order valence-corrected chi connectivity index (χ2v) is 4.91. The van der Waals surface area contributed by atoms with E-state index in [0.29, 0.717) is 25.1 Å². The molecule has 21 heavy (non-hydrogen) atoms. The van der Waals surface area contributed by atoms with Gasteiger partial charge in [-0.3, -0.25) is 14.9 Å². The fourth-order valence-electron chi connectivity index (χ4n) is 2.36. The van der Waals surface area contributed by atoms with Gasteiger partial charge in [0.05, 0.1) is 12.3 Å². The number of carbonyl (C=O) groups excluding carboxylic acids is 3. The van der Waals surface area contributed by atoms with Gasteiger partial charge in [-0.1, -0.05) is 25.5 Å². The van der Waals surface area contributed by atoms with Crippen LogP contribution in [-0.2, 0) is 20.9 Å². The Bertz CT molecular complexity index is 571. The van der Waals surface area contributed by atoms with Crippen molar-refractivity contribution >= 4 is 23.5 Å². The average Bonchev–Trinajstić information content (AvgIpc) is 2.44. The fraction of sp³-hybridized carbons (Fsp3) is 0.400. The normalized spacial score (nSPS) is 18.9. The Balaban J connectivity index is 2.32. The average molecular weight is 290 g/mol. The van der Waals surface area contributed by atoms with Gasteiger partial charge in [0.1, 0.15) is 5.92 Å². The molecule has 6 nitrogen and oxygen atoms in total. The second kappa shape index (κ2) is 6.49. The van der Waals surface area contributed by atoms with E-state index in [0.717, 1.165) is 10.5 Å². The molecule has 0 bridgehead atoms. The first kappa shape index (κ1) is 15.2. The highest BCUT2D eigenvalue weighted by Crippen LogP contribution is 2.24. The topological polar surface area (TPSA) is 75.7 Å². The summed E-state index contributed by atoms with van der Waals surface area (Å²) in [7, 11) is 1.57. The molecule has 4 amide bonds. The molecule has 1 fully saturated rings. The zero-order valence-electron chi connectivity index (χ0n) is 12.1. The SMILES string of the molecule is CCCC1C(=O)NC(=O)N(c2cccc(COC)c2)C1=O. The third kappa shape index (κ3) is 3.11. The Morgan fingerprint density at radius 2 is 2.05 bits per heavy atom. The maximum absolute atomic E-state index is 12.4. The van der Waals surface area contributed by atoms with Gasteiger partial charge in [-0.05, 0) is 24.1 Å². The number of imide groups is 2. The van der Waals surface area contributed by atoms with Crippen molar-refractivity contribution in [3.8, 4) is 0 Å². The van der Waals surface area contributed by atoms with Crippen molar-refractivity contribution in [1.29, 1.82) is 0 Å². The lowest BCUT2D eigenvalue weighted by molar-refractivity contribution is -0.134. The zero-order valence-corrected chi connectivity index (χ0v) is 12.1. The van der Waals surface area contributed by atoms with Crippen LogP contribution >= 0.6 is 0 Å². The van der Waals surface area contributed by atoms with E-state index < -0.39 is 23.8 Å². The van der Waals surface area contributed by atoms with Gasteiger partial charge in [-0.25, -0.2) is 9.69 Å². The smallest absolute Gasteiger partial charge is 0.335 e. The largest absolute Gasteiger partial charge is 0.380 e. The maximum Gasteiger partial charge on any atom is 0.335 e. The number of anilines is 1. The molecule has 1 N–H and O–H groups in total. The minimum absolute atomic E-state index is 0.384. The molecule has 112 valence electrons. The number of nitrogens with zero attached hydrogens (tertiary/aromatic N) is 1. The highest BCUT2D eigenvalue weighted by atomic mass is 16.5. The Hall–Kier alpha value is -2.21. The molecule has 1 saturated heterocycles. The van der Waals surface area contributed by atoms with Crippen molar-refractivity contribution in [1.82, 2.24) is 5.32 Å². The van der Waals surface area contributed by atoms with Crippen LogP contribution in [0.4, 0.5) is 10.5 Å². The molecule has 1 aliphatic heterocycles. The molecule has 0 aromatic heterocycles. The highest BCUT2D eigenvalue weighted by molar-refractivity contribution is 6.27. The summed E-state index contributed by atoms with van der Waals surface area (Å²) in [6.45, 7) is 2.27. The molecule has 1 heterocycles. The van der Waals surface area contributed by atoms with Crippen molar-refractivity contribution < 1.29 is 19.1 Å². The van der Waals surface area contributed by atoms with Crippen LogP contribution in [0, 0.1) is 5.92 Å². The van der Waals surface area contributed by atoms with E-state index in [1.165, 1.54) is 0 Å². The Labute approximate surface area is 123 Å². The number of hydrogen-bond donors (Lipinski definition) is 1. The molecule has 0 spiro atoms. The minimum atomic E-state index is -0.807. The van der Waals surface area contributed by atoms with Crippen LogP contribution in [0.3, 0.4) is 0 Å². The van der Waals surface area contributed by atoms with E-state index >= 15 is 0 Å². The third-order valence-electron chi connectivity index (χ3n) is 3.33. The first-order valence-corrected chi connectivity index (χ1v) is 6.85. The Kier molecular flexibility index (Phi) is 4.70. The third-order valence-corrected chi connectivity index (χ3v) is 3.33. The summed E-state index contributed by atoms with van der Waals surface area (Å²) in [4.78, 5) is 37.2. The van der Waals surface area contributed by atoms with Gasteiger partial charge < -0.3 is 4.74 Å². The van der Waals surface area contributed by atoms with Gasteiger partial charge in [-0.15, -0.1) is 0 Å². The first-order valence-electron chi connectivity index (χ1n) is 6.85. The first-order chi connectivity index (χ1) is 10.1. The van der Waals surface area contributed by atoms with E-state index in [1.807, 2.05) is 13.0 Å². The molecular formula is C15H18N2O4. The van der Waals surface area contributed by atoms with Crippen molar-refractivity contribution in [3.63, 3.8) is 0 Å². The number of barbiturate groups is 1. The molecule has 6 heteroatoms. The zero-order chi connectivity index (χ0) is 15.4. The van der Waals surface area contributed by atoms with Crippen LogP contribution in [-0.4, -0.2) is 25.0 Å². The number of urea groups is 1. The Morgan fingerprint density at radius 1 is 1.29 bits per heavy atom. The summed E-state index contributed by atoms with van der Waals surface area (Å²) >= 11 is 0. The lowest BCUT2D eigenvalue weighted by Crippen LogP contribution is -2.58. The van der Waals surface area contributed by atoms with Gasteiger partial charge in [-0.2, -0.15) is 0 Å². The predicted molar refractivity (Wildman–Crippen MR) is 76.6 cm³/mol. The molecule has 1 aromatic rings. The van der Waals surface area contributed by atoms with Crippen LogP contribution in [0.15, 0.2) is 24.3 Å². The van der Waals surface area contributed by atoms with Gasteiger partial charge in [0, 0.05) is 7.11 Å². The van der Waals surface area contributed by atoms with Crippen LogP contribution in [0.5, 0.6) is 0 Å². The van der Waals surface area contributed by atoms with E-state index in [4.69, 9.17) is 4.74 Å². The van der Waals surface area contributed by atoms with Crippen LogP contribution in [0.25, 0.3) is 0 Å². The van der Waals surface area contributed by atoms with Crippen molar-refractivity contribution in [2.75, 3.05) is 12.0 Å². The quantitative estimate of drug-likeness (QED) is 0.839. The monoisotopic (exact) mass is 290 g/mol. The molecule has 1 atom stereocenters. The number of hydrogen-bond acceptors (Lipinski definition) is 4. The van der Waals surface area contributed by atoms with E-state index in [2.05, 4.69) is 5.32 Å². The van der Waals surface area contributed by atoms with E-state index in [1.54, 1.807) is 25.3 Å². The summed E-state index contributed by atoms with van der Waals surface area (Å²) in [6.07, 6.45) is 1.11. The lowest BCUT2D eigenvalue weighted by Gasteiger charge is -2.30. The predicted octanol–water partition coefficient (Wildman–Crippen LogP) is 1.83. The van der Waals surface area contributed by atoms with Crippen LogP contribution in [0.2, 0.25) is 0 Å². The molecule has 0 saturated carbocycles. The standard InChI is InChI=1S/C15H18N2O4/c1-3-5-12-13(18)16-15(20)17(14(12)19)11-7-4-6-10(8-11)9-21-2/h4,6-8,12H,3,5,9H2,1-2H3,(H,16,18,20). The number of amides is 4.